The van der Waals surface area contributed by atoms with Gasteiger partial charge in [-0.1, -0.05) is 24.3 Å². The average Bonchev–Trinajstić information content (AvgIpc) is 2.40. The van der Waals surface area contributed by atoms with Gasteiger partial charge in [0.15, 0.2) is 0 Å². The standard InChI is InChI=1S/C14H14BFO3/c1-10-8-13(6-7-14(10)16)19-9-11-2-4-12(5-3-11)15(17)18/h2-8,17-18H,9H2,1H3. The lowest BCUT2D eigenvalue weighted by molar-refractivity contribution is 0.305. The molecule has 0 radical (unpaired) electrons. The molecule has 2 rings (SSSR count). The minimum absolute atomic E-state index is 0.256. The Morgan fingerprint density at radius 1 is 1.11 bits per heavy atom. The number of hydrogen-bond donors (Lipinski definition) is 2. The van der Waals surface area contributed by atoms with Crippen LogP contribution < -0.4 is 10.2 Å². The maximum atomic E-state index is 13.1. The molecular weight excluding hydrogens is 246 g/mol. The first-order valence-corrected chi connectivity index (χ1v) is 5.90. The lowest BCUT2D eigenvalue weighted by Gasteiger charge is -2.08. The molecule has 0 atom stereocenters. The van der Waals surface area contributed by atoms with Gasteiger partial charge in [0, 0.05) is 0 Å². The van der Waals surface area contributed by atoms with E-state index in [2.05, 4.69) is 0 Å². The molecule has 2 N–H and O–H groups in total. The van der Waals surface area contributed by atoms with Crippen molar-refractivity contribution in [2.45, 2.75) is 13.5 Å². The minimum Gasteiger partial charge on any atom is -0.489 e. The Kier molecular flexibility index (Phi) is 4.19. The fourth-order valence-corrected chi connectivity index (χ4v) is 1.66. The van der Waals surface area contributed by atoms with Gasteiger partial charge in [-0.15, -0.1) is 0 Å². The van der Waals surface area contributed by atoms with Gasteiger partial charge in [0.05, 0.1) is 0 Å². The quantitative estimate of drug-likeness (QED) is 0.817. The molecule has 3 nitrogen and oxygen atoms in total. The van der Waals surface area contributed by atoms with Crippen molar-refractivity contribution in [3.63, 3.8) is 0 Å². The maximum Gasteiger partial charge on any atom is 0.488 e. The fourth-order valence-electron chi connectivity index (χ4n) is 1.66. The molecule has 0 aromatic heterocycles. The van der Waals surface area contributed by atoms with E-state index in [9.17, 15) is 4.39 Å². The van der Waals surface area contributed by atoms with Crippen molar-refractivity contribution in [3.8, 4) is 5.75 Å². The van der Waals surface area contributed by atoms with Crippen LogP contribution in [0.4, 0.5) is 4.39 Å². The van der Waals surface area contributed by atoms with Crippen LogP contribution in [0.5, 0.6) is 5.75 Å². The van der Waals surface area contributed by atoms with Crippen LogP contribution in [0.25, 0.3) is 0 Å². The van der Waals surface area contributed by atoms with Crippen LogP contribution in [-0.2, 0) is 6.61 Å². The summed E-state index contributed by atoms with van der Waals surface area (Å²) in [6.45, 7) is 2.02. The Hall–Kier alpha value is -1.85. The highest BCUT2D eigenvalue weighted by atomic mass is 19.1. The first-order chi connectivity index (χ1) is 9.06. The third-order valence-electron chi connectivity index (χ3n) is 2.81. The maximum absolute atomic E-state index is 13.1. The first-order valence-electron chi connectivity index (χ1n) is 5.90. The number of ether oxygens (including phenoxy) is 1. The largest absolute Gasteiger partial charge is 0.489 e. The van der Waals surface area contributed by atoms with E-state index in [1.54, 1.807) is 43.3 Å². The summed E-state index contributed by atoms with van der Waals surface area (Å²) in [5, 5.41) is 17.9. The van der Waals surface area contributed by atoms with Gasteiger partial charge in [-0.05, 0) is 41.7 Å². The van der Waals surface area contributed by atoms with Gasteiger partial charge in [-0.25, -0.2) is 4.39 Å². The summed E-state index contributed by atoms with van der Waals surface area (Å²) >= 11 is 0. The predicted molar refractivity (Wildman–Crippen MR) is 71.7 cm³/mol. The molecule has 0 saturated heterocycles. The number of halogens is 1. The molecule has 0 spiro atoms. The van der Waals surface area contributed by atoms with Gasteiger partial charge in [0.2, 0.25) is 0 Å². The molecular formula is C14H14BFO3. The molecule has 0 saturated carbocycles. The molecule has 0 aliphatic rings. The van der Waals surface area contributed by atoms with Crippen molar-refractivity contribution in [1.82, 2.24) is 0 Å². The summed E-state index contributed by atoms with van der Waals surface area (Å²) in [5.74, 6) is 0.346. The minimum atomic E-state index is -1.46. The summed E-state index contributed by atoms with van der Waals surface area (Å²) in [4.78, 5) is 0. The van der Waals surface area contributed by atoms with Crippen molar-refractivity contribution in [1.29, 1.82) is 0 Å². The molecule has 98 valence electrons. The highest BCUT2D eigenvalue weighted by Crippen LogP contribution is 2.17. The number of rotatable bonds is 4. The van der Waals surface area contributed by atoms with Gasteiger partial charge >= 0.3 is 7.12 Å². The van der Waals surface area contributed by atoms with Crippen molar-refractivity contribution < 1.29 is 19.2 Å². The van der Waals surface area contributed by atoms with Crippen LogP contribution in [0.2, 0.25) is 0 Å². The summed E-state index contributed by atoms with van der Waals surface area (Å²) < 4.78 is 18.6. The van der Waals surface area contributed by atoms with E-state index >= 15 is 0 Å². The van der Waals surface area contributed by atoms with Crippen molar-refractivity contribution in [2.75, 3.05) is 0 Å². The monoisotopic (exact) mass is 260 g/mol. The van der Waals surface area contributed by atoms with Gasteiger partial charge in [-0.3, -0.25) is 0 Å². The zero-order valence-corrected chi connectivity index (χ0v) is 10.5. The summed E-state index contributed by atoms with van der Waals surface area (Å²) in [7, 11) is -1.46. The van der Waals surface area contributed by atoms with E-state index in [0.29, 0.717) is 23.4 Å². The van der Waals surface area contributed by atoms with Crippen molar-refractivity contribution in [2.24, 2.45) is 0 Å². The number of aryl methyl sites for hydroxylation is 1. The van der Waals surface area contributed by atoms with Crippen LogP contribution in [0, 0.1) is 12.7 Å². The molecule has 0 bridgehead atoms. The van der Waals surface area contributed by atoms with Crippen LogP contribution in [-0.4, -0.2) is 17.2 Å². The predicted octanol–water partition coefficient (Wildman–Crippen LogP) is 1.39. The lowest BCUT2D eigenvalue weighted by atomic mass is 9.80. The third-order valence-corrected chi connectivity index (χ3v) is 2.81. The first kappa shape index (κ1) is 13.6. The Morgan fingerprint density at radius 2 is 1.79 bits per heavy atom. The second-order valence-electron chi connectivity index (χ2n) is 4.31. The highest BCUT2D eigenvalue weighted by Gasteiger charge is 2.09. The Balaban J connectivity index is 2.00. The zero-order valence-electron chi connectivity index (χ0n) is 10.5. The lowest BCUT2D eigenvalue weighted by Crippen LogP contribution is -2.29. The van der Waals surface area contributed by atoms with Crippen LogP contribution in [0.1, 0.15) is 11.1 Å². The molecule has 0 aliphatic heterocycles. The molecule has 0 fully saturated rings. The SMILES string of the molecule is Cc1cc(OCc2ccc(B(O)O)cc2)ccc1F. The normalized spacial score (nSPS) is 10.3. The smallest absolute Gasteiger partial charge is 0.488 e. The van der Waals surface area contributed by atoms with E-state index in [0.717, 1.165) is 5.56 Å². The Morgan fingerprint density at radius 3 is 2.37 bits per heavy atom. The van der Waals surface area contributed by atoms with Gasteiger partial charge < -0.3 is 14.8 Å². The van der Waals surface area contributed by atoms with E-state index in [1.165, 1.54) is 6.07 Å². The molecule has 2 aromatic rings. The van der Waals surface area contributed by atoms with E-state index in [-0.39, 0.29) is 5.82 Å². The number of hydrogen-bond acceptors (Lipinski definition) is 3. The van der Waals surface area contributed by atoms with Crippen molar-refractivity contribution >= 4 is 12.6 Å². The summed E-state index contributed by atoms with van der Waals surface area (Å²) in [6, 6.07) is 11.3. The molecule has 0 unspecified atom stereocenters. The Bertz CT molecular complexity index is 555. The molecule has 19 heavy (non-hydrogen) atoms. The molecule has 5 heteroatoms. The summed E-state index contributed by atoms with van der Waals surface area (Å²) in [5.41, 5.74) is 1.86. The van der Waals surface area contributed by atoms with E-state index in [1.807, 2.05) is 0 Å². The molecule has 2 aromatic carbocycles. The second kappa shape index (κ2) is 5.86. The Labute approximate surface area is 111 Å². The zero-order chi connectivity index (χ0) is 13.8. The van der Waals surface area contributed by atoms with Gasteiger partial charge in [0.25, 0.3) is 0 Å². The summed E-state index contributed by atoms with van der Waals surface area (Å²) in [6.07, 6.45) is 0. The van der Waals surface area contributed by atoms with Crippen LogP contribution in [0.15, 0.2) is 42.5 Å². The van der Waals surface area contributed by atoms with Gasteiger partial charge in [-0.2, -0.15) is 0 Å². The second-order valence-corrected chi connectivity index (χ2v) is 4.31. The topological polar surface area (TPSA) is 49.7 Å². The fraction of sp³-hybridized carbons (Fsp3) is 0.143. The molecule has 0 heterocycles. The van der Waals surface area contributed by atoms with Crippen molar-refractivity contribution in [3.05, 3.63) is 59.4 Å². The molecule has 0 aliphatic carbocycles. The molecule has 0 amide bonds. The average molecular weight is 260 g/mol. The van der Waals surface area contributed by atoms with Crippen LogP contribution in [0.3, 0.4) is 0 Å². The van der Waals surface area contributed by atoms with E-state index < -0.39 is 7.12 Å². The van der Waals surface area contributed by atoms with E-state index in [4.69, 9.17) is 14.8 Å². The highest BCUT2D eigenvalue weighted by molar-refractivity contribution is 6.58. The third kappa shape index (κ3) is 3.56. The van der Waals surface area contributed by atoms with Gasteiger partial charge in [0.1, 0.15) is 18.2 Å². The van der Waals surface area contributed by atoms with Crippen LogP contribution >= 0.6 is 0 Å². The number of benzene rings is 2.